The minimum atomic E-state index is 0.549. The van der Waals surface area contributed by atoms with E-state index in [0.717, 1.165) is 5.01 Å². The van der Waals surface area contributed by atoms with Crippen LogP contribution in [0.2, 0.25) is 0 Å². The van der Waals surface area contributed by atoms with E-state index in [0.29, 0.717) is 12.4 Å². The van der Waals surface area contributed by atoms with Gasteiger partial charge in [-0.25, -0.2) is 4.98 Å². The summed E-state index contributed by atoms with van der Waals surface area (Å²) in [7, 11) is 0. The molecular weight excluding hydrogens is 184 g/mol. The lowest BCUT2D eigenvalue weighted by molar-refractivity contribution is 0.686. The van der Waals surface area contributed by atoms with Gasteiger partial charge in [0.1, 0.15) is 10.8 Å². The lowest BCUT2D eigenvalue weighted by atomic mass is 10.6. The second-order valence-corrected chi connectivity index (χ2v) is 4.12. The zero-order chi connectivity index (χ0) is 9.26. The van der Waals surface area contributed by atoms with Crippen LogP contribution in [0.1, 0.15) is 9.88 Å². The molecule has 2 rings (SSSR count). The first-order valence-electron chi connectivity index (χ1n) is 3.94. The van der Waals surface area contributed by atoms with Crippen LogP contribution in [0.15, 0.2) is 18.5 Å². The number of thiazole rings is 1. The van der Waals surface area contributed by atoms with E-state index in [9.17, 15) is 0 Å². The van der Waals surface area contributed by atoms with Crippen LogP contribution in [0.4, 0.5) is 5.82 Å². The van der Waals surface area contributed by atoms with Crippen molar-refractivity contribution < 1.29 is 0 Å². The Morgan fingerprint density at radius 2 is 2.46 bits per heavy atom. The van der Waals surface area contributed by atoms with Gasteiger partial charge in [-0.1, -0.05) is 0 Å². The number of hydrogen-bond acceptors (Lipinski definition) is 4. The maximum Gasteiger partial charge on any atom is 0.145 e. The molecule has 0 aliphatic carbocycles. The molecule has 13 heavy (non-hydrogen) atoms. The van der Waals surface area contributed by atoms with Crippen LogP contribution in [0.3, 0.4) is 0 Å². The van der Waals surface area contributed by atoms with E-state index < -0.39 is 0 Å². The Morgan fingerprint density at radius 3 is 3.00 bits per heavy atom. The Hall–Kier alpha value is -1.36. The van der Waals surface area contributed by atoms with Crippen molar-refractivity contribution in [3.63, 3.8) is 0 Å². The number of aryl methyl sites for hydroxylation is 1. The van der Waals surface area contributed by atoms with Gasteiger partial charge in [-0.05, 0) is 13.0 Å². The molecule has 4 nitrogen and oxygen atoms in total. The summed E-state index contributed by atoms with van der Waals surface area (Å²) in [5.41, 5.74) is 5.49. The maximum absolute atomic E-state index is 5.49. The summed E-state index contributed by atoms with van der Waals surface area (Å²) < 4.78 is 1.79. The number of anilines is 1. The minimum Gasteiger partial charge on any atom is -0.382 e. The molecule has 0 unspecified atom stereocenters. The average molecular weight is 194 g/mol. The molecule has 0 aliphatic heterocycles. The van der Waals surface area contributed by atoms with E-state index >= 15 is 0 Å². The molecule has 0 radical (unpaired) electrons. The minimum absolute atomic E-state index is 0.549. The summed E-state index contributed by atoms with van der Waals surface area (Å²) in [6, 6.07) is 1.78. The second-order valence-electron chi connectivity index (χ2n) is 2.80. The van der Waals surface area contributed by atoms with Gasteiger partial charge < -0.3 is 5.73 Å². The van der Waals surface area contributed by atoms with E-state index in [2.05, 4.69) is 10.1 Å². The molecule has 0 saturated carbocycles. The van der Waals surface area contributed by atoms with Gasteiger partial charge in [0.25, 0.3) is 0 Å². The third kappa shape index (κ3) is 1.86. The molecule has 0 aliphatic rings. The summed E-state index contributed by atoms with van der Waals surface area (Å²) in [5, 5.41) is 5.13. The fourth-order valence-electron chi connectivity index (χ4n) is 1.08. The summed E-state index contributed by atoms with van der Waals surface area (Å²) in [6.45, 7) is 2.74. The summed E-state index contributed by atoms with van der Waals surface area (Å²) >= 11 is 1.68. The maximum atomic E-state index is 5.49. The highest BCUT2D eigenvalue weighted by Crippen LogP contribution is 2.12. The molecule has 0 atom stereocenters. The zero-order valence-electron chi connectivity index (χ0n) is 7.27. The normalized spacial score (nSPS) is 10.5. The van der Waals surface area contributed by atoms with Gasteiger partial charge in [0, 0.05) is 17.3 Å². The largest absolute Gasteiger partial charge is 0.382 e. The Balaban J connectivity index is 2.14. The van der Waals surface area contributed by atoms with E-state index in [4.69, 9.17) is 5.73 Å². The summed E-state index contributed by atoms with van der Waals surface area (Å²) in [4.78, 5) is 5.45. The fraction of sp³-hybridized carbons (Fsp3) is 0.250. The molecule has 0 bridgehead atoms. The molecule has 2 heterocycles. The number of nitrogen functional groups attached to an aromatic ring is 1. The second kappa shape index (κ2) is 3.18. The Labute approximate surface area is 80.0 Å². The highest BCUT2D eigenvalue weighted by Gasteiger charge is 2.00. The van der Waals surface area contributed by atoms with Gasteiger partial charge in [0.05, 0.1) is 6.54 Å². The number of nitrogens with zero attached hydrogens (tertiary/aromatic N) is 3. The highest BCUT2D eigenvalue weighted by molar-refractivity contribution is 7.11. The zero-order valence-corrected chi connectivity index (χ0v) is 8.08. The first-order chi connectivity index (χ1) is 6.24. The number of aromatic nitrogens is 3. The molecule has 0 aromatic carbocycles. The standard InChI is InChI=1S/C8H10N4S/c1-6-4-10-8(13-6)5-12-3-2-7(9)11-12/h2-4H,5H2,1H3,(H2,9,11). The first kappa shape index (κ1) is 8.25. The molecule has 0 spiro atoms. The van der Waals surface area contributed by atoms with Crippen molar-refractivity contribution in [2.45, 2.75) is 13.5 Å². The Bertz CT molecular complexity index is 365. The monoisotopic (exact) mass is 194 g/mol. The molecule has 2 aromatic heterocycles. The molecule has 0 fully saturated rings. The Kier molecular flexibility index (Phi) is 2.02. The van der Waals surface area contributed by atoms with Crippen molar-refractivity contribution in [2.24, 2.45) is 0 Å². The van der Waals surface area contributed by atoms with Crippen LogP contribution in [-0.4, -0.2) is 14.8 Å². The quantitative estimate of drug-likeness (QED) is 0.783. The van der Waals surface area contributed by atoms with E-state index in [1.165, 1.54) is 4.88 Å². The van der Waals surface area contributed by atoms with E-state index in [1.54, 1.807) is 22.1 Å². The van der Waals surface area contributed by atoms with Crippen LogP contribution in [-0.2, 0) is 6.54 Å². The lowest BCUT2D eigenvalue weighted by Crippen LogP contribution is -2.00. The Morgan fingerprint density at radius 1 is 1.62 bits per heavy atom. The van der Waals surface area contributed by atoms with Gasteiger partial charge in [0.2, 0.25) is 0 Å². The van der Waals surface area contributed by atoms with E-state index in [1.807, 2.05) is 19.3 Å². The van der Waals surface area contributed by atoms with Crippen molar-refractivity contribution in [3.05, 3.63) is 28.3 Å². The smallest absolute Gasteiger partial charge is 0.145 e. The summed E-state index contributed by atoms with van der Waals surface area (Å²) in [5.74, 6) is 0.549. The van der Waals surface area contributed by atoms with Crippen molar-refractivity contribution in [3.8, 4) is 0 Å². The topological polar surface area (TPSA) is 56.7 Å². The molecular formula is C8H10N4S. The van der Waals surface area contributed by atoms with Crippen LogP contribution >= 0.6 is 11.3 Å². The van der Waals surface area contributed by atoms with Crippen molar-refractivity contribution in [1.29, 1.82) is 0 Å². The van der Waals surface area contributed by atoms with Gasteiger partial charge in [0.15, 0.2) is 0 Å². The molecule has 2 N–H and O–H groups in total. The van der Waals surface area contributed by atoms with Gasteiger partial charge in [-0.2, -0.15) is 5.10 Å². The van der Waals surface area contributed by atoms with Gasteiger partial charge in [-0.3, -0.25) is 4.68 Å². The predicted molar refractivity (Wildman–Crippen MR) is 52.6 cm³/mol. The van der Waals surface area contributed by atoms with Crippen molar-refractivity contribution in [1.82, 2.24) is 14.8 Å². The molecule has 68 valence electrons. The van der Waals surface area contributed by atoms with Gasteiger partial charge >= 0.3 is 0 Å². The average Bonchev–Trinajstić information content (AvgIpc) is 2.62. The third-order valence-corrected chi connectivity index (χ3v) is 2.53. The molecule has 2 aromatic rings. The van der Waals surface area contributed by atoms with Crippen LogP contribution in [0, 0.1) is 6.92 Å². The van der Waals surface area contributed by atoms with Gasteiger partial charge in [-0.15, -0.1) is 11.3 Å². The molecule has 0 saturated heterocycles. The fourth-order valence-corrected chi connectivity index (χ4v) is 1.86. The number of hydrogen-bond donors (Lipinski definition) is 1. The first-order valence-corrected chi connectivity index (χ1v) is 4.76. The van der Waals surface area contributed by atoms with Crippen LogP contribution < -0.4 is 5.73 Å². The summed E-state index contributed by atoms with van der Waals surface area (Å²) in [6.07, 6.45) is 3.72. The van der Waals surface area contributed by atoms with E-state index in [-0.39, 0.29) is 0 Å². The molecule has 0 amide bonds. The number of nitrogens with two attached hydrogens (primary N) is 1. The lowest BCUT2D eigenvalue weighted by Gasteiger charge is -1.95. The molecule has 5 heteroatoms. The number of rotatable bonds is 2. The predicted octanol–water partition coefficient (Wildman–Crippen LogP) is 1.28. The highest BCUT2D eigenvalue weighted by atomic mass is 32.1. The third-order valence-electron chi connectivity index (χ3n) is 1.63. The van der Waals surface area contributed by atoms with Crippen LogP contribution in [0.5, 0.6) is 0 Å². The van der Waals surface area contributed by atoms with Crippen molar-refractivity contribution in [2.75, 3.05) is 5.73 Å². The van der Waals surface area contributed by atoms with Crippen molar-refractivity contribution >= 4 is 17.2 Å². The SMILES string of the molecule is Cc1cnc(Cn2ccc(N)n2)s1. The van der Waals surface area contributed by atoms with Crippen LogP contribution in [0.25, 0.3) is 0 Å².